The zero-order valence-corrected chi connectivity index (χ0v) is 21.6. The molecule has 0 bridgehead atoms. The Morgan fingerprint density at radius 1 is 1.11 bits per heavy atom. The van der Waals surface area contributed by atoms with E-state index in [9.17, 15) is 14.9 Å². The molecule has 0 saturated carbocycles. The van der Waals surface area contributed by atoms with Gasteiger partial charge in [0.15, 0.2) is 17.2 Å². The average molecular weight is 625 g/mol. The lowest BCUT2D eigenvalue weighted by atomic mass is 10.1. The predicted octanol–water partition coefficient (Wildman–Crippen LogP) is 6.44. The van der Waals surface area contributed by atoms with Crippen molar-refractivity contribution < 1.29 is 23.9 Å². The molecule has 0 radical (unpaired) electrons. The third-order valence-corrected chi connectivity index (χ3v) is 6.18. The van der Waals surface area contributed by atoms with Gasteiger partial charge in [-0.15, -0.1) is 0 Å². The largest absolute Gasteiger partial charge is 0.493 e. The van der Waals surface area contributed by atoms with E-state index in [0.29, 0.717) is 23.7 Å². The number of nitro groups is 1. The molecule has 0 spiro atoms. The van der Waals surface area contributed by atoms with Gasteiger partial charge in [0, 0.05) is 15.2 Å². The summed E-state index contributed by atoms with van der Waals surface area (Å²) in [4.78, 5) is 27.1. The second kappa shape index (κ2) is 10.6. The molecule has 35 heavy (non-hydrogen) atoms. The SMILES string of the molecule is COc1cc(/C=C2\N=C(c3ccc(Cl)c([N+](=O)[O-])c3)OC2=O)cc(Cl)c1OCc1ccc(I)cc1. The third kappa shape index (κ3) is 5.75. The number of nitro benzene ring substituents is 1. The van der Waals surface area contributed by atoms with Crippen molar-refractivity contribution in [3.8, 4) is 11.5 Å². The first-order valence-corrected chi connectivity index (χ1v) is 11.8. The number of carbonyl (C=O) groups is 1. The van der Waals surface area contributed by atoms with Crippen LogP contribution in [-0.4, -0.2) is 23.9 Å². The molecule has 0 unspecified atom stereocenters. The highest BCUT2D eigenvalue weighted by molar-refractivity contribution is 14.1. The van der Waals surface area contributed by atoms with Gasteiger partial charge < -0.3 is 14.2 Å². The Morgan fingerprint density at radius 2 is 1.86 bits per heavy atom. The maximum Gasteiger partial charge on any atom is 0.363 e. The molecule has 11 heteroatoms. The van der Waals surface area contributed by atoms with Gasteiger partial charge in [-0.3, -0.25) is 10.1 Å². The van der Waals surface area contributed by atoms with Crippen LogP contribution in [0.25, 0.3) is 6.08 Å². The van der Waals surface area contributed by atoms with E-state index < -0.39 is 10.9 Å². The van der Waals surface area contributed by atoms with E-state index in [1.165, 1.54) is 31.4 Å². The van der Waals surface area contributed by atoms with E-state index >= 15 is 0 Å². The molecule has 3 aromatic rings. The smallest absolute Gasteiger partial charge is 0.363 e. The molecule has 0 amide bonds. The highest BCUT2D eigenvalue weighted by atomic mass is 127. The van der Waals surface area contributed by atoms with Crippen LogP contribution >= 0.6 is 45.8 Å². The summed E-state index contributed by atoms with van der Waals surface area (Å²) in [5.74, 6) is -0.0523. The van der Waals surface area contributed by atoms with Gasteiger partial charge in [0.1, 0.15) is 11.6 Å². The Kier molecular flexibility index (Phi) is 7.58. The van der Waals surface area contributed by atoms with Gasteiger partial charge in [0.2, 0.25) is 5.90 Å². The standard InChI is InChI=1S/C24H15Cl2IN2O6/c1-33-21-10-14(8-18(26)22(21)34-12-13-2-5-16(27)6-3-13)9-19-24(30)35-23(28-19)15-4-7-17(25)20(11-15)29(31)32/h2-11H,12H2,1H3/b19-9-. The summed E-state index contributed by atoms with van der Waals surface area (Å²) < 4.78 is 17.6. The molecule has 8 nitrogen and oxygen atoms in total. The highest BCUT2D eigenvalue weighted by Crippen LogP contribution is 2.38. The van der Waals surface area contributed by atoms with Gasteiger partial charge in [0.25, 0.3) is 5.69 Å². The van der Waals surface area contributed by atoms with Crippen molar-refractivity contribution in [3.63, 3.8) is 0 Å². The summed E-state index contributed by atoms with van der Waals surface area (Å²) in [7, 11) is 1.48. The lowest BCUT2D eigenvalue weighted by Gasteiger charge is -2.13. The Hall–Kier alpha value is -3.15. The highest BCUT2D eigenvalue weighted by Gasteiger charge is 2.26. The monoisotopic (exact) mass is 624 g/mol. The van der Waals surface area contributed by atoms with Gasteiger partial charge in [-0.05, 0) is 76.2 Å². The Balaban J connectivity index is 1.60. The average Bonchev–Trinajstić information content (AvgIpc) is 3.19. The number of cyclic esters (lactones) is 1. The van der Waals surface area contributed by atoms with Crippen molar-refractivity contribution in [3.05, 3.63) is 101 Å². The molecule has 0 N–H and O–H groups in total. The minimum Gasteiger partial charge on any atom is -0.493 e. The lowest BCUT2D eigenvalue weighted by Crippen LogP contribution is -2.06. The van der Waals surface area contributed by atoms with Crippen LogP contribution in [0.5, 0.6) is 11.5 Å². The van der Waals surface area contributed by atoms with Crippen LogP contribution in [0.15, 0.2) is 65.3 Å². The van der Waals surface area contributed by atoms with Gasteiger partial charge in [0.05, 0.1) is 17.1 Å². The van der Waals surface area contributed by atoms with Crippen LogP contribution in [0.2, 0.25) is 10.0 Å². The van der Waals surface area contributed by atoms with E-state index in [4.69, 9.17) is 37.4 Å². The van der Waals surface area contributed by atoms with E-state index in [0.717, 1.165) is 9.13 Å². The fourth-order valence-corrected chi connectivity index (χ4v) is 4.00. The second-order valence-electron chi connectivity index (χ2n) is 7.21. The van der Waals surface area contributed by atoms with E-state index in [-0.39, 0.29) is 32.9 Å². The summed E-state index contributed by atoms with van der Waals surface area (Å²) in [6.07, 6.45) is 1.47. The first-order valence-electron chi connectivity index (χ1n) is 9.97. The van der Waals surface area contributed by atoms with E-state index in [2.05, 4.69) is 27.6 Å². The van der Waals surface area contributed by atoms with Gasteiger partial charge in [-0.25, -0.2) is 9.79 Å². The summed E-state index contributed by atoms with van der Waals surface area (Å²) in [5, 5.41) is 11.4. The molecule has 1 aliphatic rings. The molecular formula is C24H15Cl2IN2O6. The van der Waals surface area contributed by atoms with Crippen molar-refractivity contribution >= 4 is 69.4 Å². The Bertz CT molecular complexity index is 1390. The fourth-order valence-electron chi connectivity index (χ4n) is 3.18. The molecule has 0 aromatic heterocycles. The van der Waals surface area contributed by atoms with Crippen LogP contribution in [0.3, 0.4) is 0 Å². The maximum atomic E-state index is 12.4. The van der Waals surface area contributed by atoms with Crippen molar-refractivity contribution in [2.24, 2.45) is 4.99 Å². The van der Waals surface area contributed by atoms with Crippen molar-refractivity contribution in [1.82, 2.24) is 0 Å². The number of hydrogen-bond acceptors (Lipinski definition) is 7. The molecule has 0 aliphatic carbocycles. The maximum absolute atomic E-state index is 12.4. The normalized spacial score (nSPS) is 14.0. The van der Waals surface area contributed by atoms with Crippen molar-refractivity contribution in [2.75, 3.05) is 7.11 Å². The van der Waals surface area contributed by atoms with Crippen LogP contribution < -0.4 is 9.47 Å². The van der Waals surface area contributed by atoms with Gasteiger partial charge >= 0.3 is 5.97 Å². The quantitative estimate of drug-likeness (QED) is 0.0986. The molecule has 1 aliphatic heterocycles. The number of benzene rings is 3. The minimum atomic E-state index is -0.716. The zero-order valence-electron chi connectivity index (χ0n) is 18.0. The van der Waals surface area contributed by atoms with E-state index in [1.54, 1.807) is 12.1 Å². The topological polar surface area (TPSA) is 100 Å². The molecule has 0 fully saturated rings. The van der Waals surface area contributed by atoms with Gasteiger partial charge in [-0.1, -0.05) is 35.3 Å². The number of esters is 1. The van der Waals surface area contributed by atoms with Crippen LogP contribution in [0.1, 0.15) is 16.7 Å². The third-order valence-electron chi connectivity index (χ3n) is 4.86. The zero-order chi connectivity index (χ0) is 25.1. The molecule has 1 heterocycles. The van der Waals surface area contributed by atoms with Crippen molar-refractivity contribution in [2.45, 2.75) is 6.61 Å². The number of aliphatic imine (C=N–C) groups is 1. The predicted molar refractivity (Wildman–Crippen MR) is 140 cm³/mol. The molecule has 0 saturated heterocycles. The Labute approximate surface area is 223 Å². The number of rotatable bonds is 7. The second-order valence-corrected chi connectivity index (χ2v) is 9.27. The molecule has 4 rings (SSSR count). The minimum absolute atomic E-state index is 0.0109. The first kappa shape index (κ1) is 25.0. The Morgan fingerprint density at radius 3 is 2.54 bits per heavy atom. The summed E-state index contributed by atoms with van der Waals surface area (Å²) in [5.41, 5.74) is 1.40. The number of nitrogens with zero attached hydrogens (tertiary/aromatic N) is 2. The van der Waals surface area contributed by atoms with Crippen LogP contribution in [-0.2, 0) is 16.1 Å². The number of halogens is 3. The summed E-state index contributed by atoms with van der Waals surface area (Å²) in [6, 6.07) is 15.1. The molecule has 3 aromatic carbocycles. The number of methoxy groups -OCH3 is 1. The summed E-state index contributed by atoms with van der Waals surface area (Å²) in [6.45, 7) is 0.292. The summed E-state index contributed by atoms with van der Waals surface area (Å²) >= 11 is 14.5. The lowest BCUT2D eigenvalue weighted by molar-refractivity contribution is -0.384. The molecular weight excluding hydrogens is 610 g/mol. The van der Waals surface area contributed by atoms with Crippen molar-refractivity contribution in [1.29, 1.82) is 0 Å². The number of carbonyl (C=O) groups excluding carboxylic acids is 1. The first-order chi connectivity index (χ1) is 16.7. The molecule has 178 valence electrons. The molecule has 0 atom stereocenters. The van der Waals surface area contributed by atoms with Gasteiger partial charge in [-0.2, -0.15) is 0 Å². The fraction of sp³-hybridized carbons (Fsp3) is 0.0833. The number of ether oxygens (including phenoxy) is 3. The van der Waals surface area contributed by atoms with Crippen LogP contribution in [0, 0.1) is 13.7 Å². The van der Waals surface area contributed by atoms with Crippen LogP contribution in [0.4, 0.5) is 5.69 Å². The number of hydrogen-bond donors (Lipinski definition) is 0. The van der Waals surface area contributed by atoms with E-state index in [1.807, 2.05) is 24.3 Å².